The lowest BCUT2D eigenvalue weighted by molar-refractivity contribution is -0.139. The molecule has 1 aliphatic heterocycles. The molecule has 2 N–H and O–H groups in total. The molecule has 1 aromatic rings. The minimum atomic E-state index is -0.833. The van der Waals surface area contributed by atoms with Gasteiger partial charge in [-0.3, -0.25) is 9.59 Å². The van der Waals surface area contributed by atoms with E-state index in [-0.39, 0.29) is 24.0 Å². The number of benzene rings is 1. The quantitative estimate of drug-likeness (QED) is 0.845. The van der Waals surface area contributed by atoms with Gasteiger partial charge in [0.1, 0.15) is 5.75 Å². The van der Waals surface area contributed by atoms with E-state index in [1.54, 1.807) is 24.0 Å². The van der Waals surface area contributed by atoms with E-state index in [4.69, 9.17) is 5.11 Å². The molecule has 0 aliphatic carbocycles. The van der Waals surface area contributed by atoms with Crippen molar-refractivity contribution in [3.05, 3.63) is 29.3 Å². The minimum Gasteiger partial charge on any atom is -0.508 e. The standard InChI is InChI=1S/C13H15NO4/c1-8-2-3-10(5-11(8)15)13(18)14-6-9(7-14)4-12(16)17/h2-3,5,9,15H,4,6-7H2,1H3,(H,16,17). The van der Waals surface area contributed by atoms with Gasteiger partial charge in [0.25, 0.3) is 5.91 Å². The third-order valence-corrected chi connectivity index (χ3v) is 3.16. The number of phenols is 1. The summed E-state index contributed by atoms with van der Waals surface area (Å²) in [5.74, 6) is -0.846. The summed E-state index contributed by atoms with van der Waals surface area (Å²) in [4.78, 5) is 24.1. The molecule has 0 saturated carbocycles. The molecule has 0 atom stereocenters. The Hall–Kier alpha value is -2.04. The first-order valence-electron chi connectivity index (χ1n) is 5.78. The first-order chi connectivity index (χ1) is 8.47. The van der Waals surface area contributed by atoms with Crippen molar-refractivity contribution in [1.82, 2.24) is 4.90 Å². The van der Waals surface area contributed by atoms with Crippen molar-refractivity contribution in [2.45, 2.75) is 13.3 Å². The molecule has 1 heterocycles. The Kier molecular flexibility index (Phi) is 3.23. The number of hydrogen-bond donors (Lipinski definition) is 2. The fraction of sp³-hybridized carbons (Fsp3) is 0.385. The number of carboxylic acids is 1. The molecule has 0 spiro atoms. The van der Waals surface area contributed by atoms with Gasteiger partial charge in [0.2, 0.25) is 0 Å². The molecule has 1 aromatic carbocycles. The molecule has 18 heavy (non-hydrogen) atoms. The third kappa shape index (κ3) is 2.45. The van der Waals surface area contributed by atoms with Crippen LogP contribution >= 0.6 is 0 Å². The van der Waals surface area contributed by atoms with Crippen molar-refractivity contribution < 1.29 is 19.8 Å². The second kappa shape index (κ2) is 4.68. The largest absolute Gasteiger partial charge is 0.508 e. The van der Waals surface area contributed by atoms with Crippen molar-refractivity contribution >= 4 is 11.9 Å². The fourth-order valence-electron chi connectivity index (χ4n) is 2.04. The van der Waals surface area contributed by atoms with E-state index < -0.39 is 5.97 Å². The van der Waals surface area contributed by atoms with Crippen LogP contribution in [0.2, 0.25) is 0 Å². The van der Waals surface area contributed by atoms with Gasteiger partial charge in [0, 0.05) is 24.6 Å². The molecular formula is C13H15NO4. The van der Waals surface area contributed by atoms with Crippen LogP contribution in [-0.4, -0.2) is 40.1 Å². The highest BCUT2D eigenvalue weighted by atomic mass is 16.4. The lowest BCUT2D eigenvalue weighted by atomic mass is 9.95. The van der Waals surface area contributed by atoms with E-state index in [1.807, 2.05) is 0 Å². The maximum Gasteiger partial charge on any atom is 0.303 e. The molecular weight excluding hydrogens is 234 g/mol. The number of hydrogen-bond acceptors (Lipinski definition) is 3. The molecule has 1 amide bonds. The summed E-state index contributed by atoms with van der Waals surface area (Å²) in [6.07, 6.45) is 0.100. The van der Waals surface area contributed by atoms with Crippen molar-refractivity contribution in [3.63, 3.8) is 0 Å². The molecule has 0 bridgehead atoms. The van der Waals surface area contributed by atoms with Crippen molar-refractivity contribution in [1.29, 1.82) is 0 Å². The number of carboxylic acid groups (broad SMARTS) is 1. The van der Waals surface area contributed by atoms with Gasteiger partial charge in [-0.05, 0) is 24.6 Å². The Morgan fingerprint density at radius 3 is 2.61 bits per heavy atom. The zero-order chi connectivity index (χ0) is 13.3. The summed E-state index contributed by atoms with van der Waals surface area (Å²) in [6.45, 7) is 2.70. The first-order valence-corrected chi connectivity index (χ1v) is 5.78. The highest BCUT2D eigenvalue weighted by molar-refractivity contribution is 5.95. The molecule has 0 aromatic heterocycles. The Bertz CT molecular complexity index is 492. The predicted molar refractivity (Wildman–Crippen MR) is 64.5 cm³/mol. The van der Waals surface area contributed by atoms with Crippen LogP contribution in [0.15, 0.2) is 18.2 Å². The van der Waals surface area contributed by atoms with Gasteiger partial charge in [-0.25, -0.2) is 0 Å². The van der Waals surface area contributed by atoms with Gasteiger partial charge in [-0.2, -0.15) is 0 Å². The van der Waals surface area contributed by atoms with Crippen molar-refractivity contribution in [2.75, 3.05) is 13.1 Å². The average Bonchev–Trinajstić information content (AvgIpc) is 2.25. The zero-order valence-corrected chi connectivity index (χ0v) is 10.1. The summed E-state index contributed by atoms with van der Waals surface area (Å²) in [5, 5.41) is 18.2. The number of rotatable bonds is 3. The Labute approximate surface area is 105 Å². The van der Waals surface area contributed by atoms with Crippen LogP contribution in [0.25, 0.3) is 0 Å². The number of likely N-dealkylation sites (tertiary alicyclic amines) is 1. The number of phenolic OH excluding ortho intramolecular Hbond substituents is 1. The highest BCUT2D eigenvalue weighted by Gasteiger charge is 2.32. The number of amides is 1. The lowest BCUT2D eigenvalue weighted by Crippen LogP contribution is -2.50. The van der Waals surface area contributed by atoms with Crippen LogP contribution in [0.4, 0.5) is 0 Å². The topological polar surface area (TPSA) is 77.8 Å². The van der Waals surface area contributed by atoms with Crippen molar-refractivity contribution in [2.24, 2.45) is 5.92 Å². The number of carbonyl (C=O) groups is 2. The van der Waals surface area contributed by atoms with Crippen molar-refractivity contribution in [3.8, 4) is 5.75 Å². The van der Waals surface area contributed by atoms with E-state index in [9.17, 15) is 14.7 Å². The van der Waals surface area contributed by atoms with Gasteiger partial charge in [0.05, 0.1) is 6.42 Å². The number of aromatic hydroxyl groups is 1. The maximum atomic E-state index is 12.0. The van der Waals surface area contributed by atoms with E-state index in [0.29, 0.717) is 18.7 Å². The normalized spacial score (nSPS) is 15.3. The summed E-state index contributed by atoms with van der Waals surface area (Å²) >= 11 is 0. The van der Waals surface area contributed by atoms with Gasteiger partial charge in [-0.1, -0.05) is 6.07 Å². The third-order valence-electron chi connectivity index (χ3n) is 3.16. The van der Waals surface area contributed by atoms with E-state index >= 15 is 0 Å². The molecule has 1 aliphatic rings. The molecule has 5 nitrogen and oxygen atoms in total. The fourth-order valence-corrected chi connectivity index (χ4v) is 2.04. The van der Waals surface area contributed by atoms with Crippen LogP contribution in [-0.2, 0) is 4.79 Å². The molecule has 2 rings (SSSR count). The number of carbonyl (C=O) groups excluding carboxylic acids is 1. The number of nitrogens with zero attached hydrogens (tertiary/aromatic N) is 1. The summed E-state index contributed by atoms with van der Waals surface area (Å²) < 4.78 is 0. The predicted octanol–water partition coefficient (Wildman–Crippen LogP) is 1.25. The first kappa shape index (κ1) is 12.4. The van der Waals surface area contributed by atoms with E-state index in [2.05, 4.69) is 0 Å². The summed E-state index contributed by atoms with van der Waals surface area (Å²) in [7, 11) is 0. The molecule has 1 saturated heterocycles. The molecule has 0 radical (unpaired) electrons. The highest BCUT2D eigenvalue weighted by Crippen LogP contribution is 2.24. The molecule has 0 unspecified atom stereocenters. The Morgan fingerprint density at radius 1 is 1.39 bits per heavy atom. The van der Waals surface area contributed by atoms with Crippen LogP contribution in [0.1, 0.15) is 22.3 Å². The zero-order valence-electron chi connectivity index (χ0n) is 10.1. The monoisotopic (exact) mass is 249 g/mol. The van der Waals surface area contributed by atoms with Crippen LogP contribution in [0.3, 0.4) is 0 Å². The van der Waals surface area contributed by atoms with Crippen LogP contribution in [0, 0.1) is 12.8 Å². The Morgan fingerprint density at radius 2 is 2.06 bits per heavy atom. The SMILES string of the molecule is Cc1ccc(C(=O)N2CC(CC(=O)O)C2)cc1O. The second-order valence-corrected chi connectivity index (χ2v) is 4.68. The average molecular weight is 249 g/mol. The molecule has 96 valence electrons. The van der Waals surface area contributed by atoms with Gasteiger partial charge >= 0.3 is 5.97 Å². The smallest absolute Gasteiger partial charge is 0.303 e. The van der Waals surface area contributed by atoms with Crippen LogP contribution in [0.5, 0.6) is 5.75 Å². The van der Waals surface area contributed by atoms with Gasteiger partial charge in [-0.15, -0.1) is 0 Å². The lowest BCUT2D eigenvalue weighted by Gasteiger charge is -2.38. The van der Waals surface area contributed by atoms with Crippen LogP contribution < -0.4 is 0 Å². The summed E-state index contributed by atoms with van der Waals surface area (Å²) in [5.41, 5.74) is 1.16. The number of aryl methyl sites for hydroxylation is 1. The van der Waals surface area contributed by atoms with Gasteiger partial charge in [0.15, 0.2) is 0 Å². The Balaban J connectivity index is 1.97. The van der Waals surface area contributed by atoms with E-state index in [1.165, 1.54) is 6.07 Å². The van der Waals surface area contributed by atoms with E-state index in [0.717, 1.165) is 5.56 Å². The minimum absolute atomic E-state index is 0.0468. The number of aliphatic carboxylic acids is 1. The van der Waals surface area contributed by atoms with Gasteiger partial charge < -0.3 is 15.1 Å². The summed E-state index contributed by atoms with van der Waals surface area (Å²) in [6, 6.07) is 4.81. The maximum absolute atomic E-state index is 12.0. The second-order valence-electron chi connectivity index (χ2n) is 4.68. The molecule has 1 fully saturated rings. The molecule has 5 heteroatoms.